The molecular weight excluding hydrogens is 488 g/mol. The first-order valence-corrected chi connectivity index (χ1v) is 13.8. The van der Waals surface area contributed by atoms with E-state index in [9.17, 15) is 9.59 Å². The van der Waals surface area contributed by atoms with Crippen molar-refractivity contribution in [3.63, 3.8) is 0 Å². The van der Waals surface area contributed by atoms with Crippen LogP contribution < -0.4 is 9.64 Å². The first-order chi connectivity index (χ1) is 19.1. The number of nitrogens with zero attached hydrogens (tertiary/aromatic N) is 2. The molecule has 0 saturated heterocycles. The molecule has 0 atom stereocenters. The van der Waals surface area contributed by atoms with Gasteiger partial charge < -0.3 is 14.0 Å². The molecule has 2 heterocycles. The maximum absolute atomic E-state index is 13.9. The molecule has 0 unspecified atom stereocenters. The second-order valence-electron chi connectivity index (χ2n) is 10.1. The zero-order chi connectivity index (χ0) is 27.4. The Morgan fingerprint density at radius 2 is 1.62 bits per heavy atom. The second kappa shape index (κ2) is 11.9. The van der Waals surface area contributed by atoms with Crippen molar-refractivity contribution in [3.05, 3.63) is 83.9 Å². The molecule has 6 heteroatoms. The van der Waals surface area contributed by atoms with Crippen molar-refractivity contribution >= 4 is 39.3 Å². The summed E-state index contributed by atoms with van der Waals surface area (Å²) in [5, 5.41) is 1.69. The van der Waals surface area contributed by atoms with Crippen LogP contribution in [0.25, 0.3) is 21.8 Å². The number of carbonyl (C=O) groups is 2. The number of unbranched alkanes of at least 4 members (excludes halogenated alkanes) is 6. The normalized spacial score (nSPS) is 13.0. The number of hydrogen-bond donors (Lipinski definition) is 0. The Balaban J connectivity index is 1.61. The lowest BCUT2D eigenvalue weighted by molar-refractivity contribution is 0.0926. The van der Waals surface area contributed by atoms with Gasteiger partial charge in [0, 0.05) is 17.9 Å². The molecule has 0 saturated carbocycles. The fraction of sp³-hybridized carbons (Fsp3) is 0.333. The highest BCUT2D eigenvalue weighted by molar-refractivity contribution is 6.39. The largest absolute Gasteiger partial charge is 0.497 e. The zero-order valence-electron chi connectivity index (χ0n) is 22.9. The molecule has 0 bridgehead atoms. The quantitative estimate of drug-likeness (QED) is 0.102. The molecule has 1 aromatic heterocycles. The Bertz CT molecular complexity index is 1520. The lowest BCUT2D eigenvalue weighted by Gasteiger charge is -2.13. The van der Waals surface area contributed by atoms with Crippen LogP contribution in [0, 0.1) is 0 Å². The fourth-order valence-electron chi connectivity index (χ4n) is 5.79. The molecule has 0 spiro atoms. The molecule has 3 aromatic carbocycles. The van der Waals surface area contributed by atoms with E-state index in [-0.39, 0.29) is 11.8 Å². The predicted molar refractivity (Wildman–Crippen MR) is 157 cm³/mol. The number of hydrogen-bond acceptors (Lipinski definition) is 4. The Labute approximate surface area is 229 Å². The van der Waals surface area contributed by atoms with Gasteiger partial charge in [0.05, 0.1) is 35.0 Å². The van der Waals surface area contributed by atoms with Crippen LogP contribution in [0.2, 0.25) is 0 Å². The summed E-state index contributed by atoms with van der Waals surface area (Å²) in [4.78, 5) is 29.0. The fourth-order valence-corrected chi connectivity index (χ4v) is 5.79. The van der Waals surface area contributed by atoms with E-state index in [0.717, 1.165) is 53.1 Å². The Hall–Kier alpha value is -3.90. The molecule has 1 aliphatic rings. The van der Waals surface area contributed by atoms with Gasteiger partial charge in [-0.05, 0) is 67.6 Å². The number of anilines is 1. The van der Waals surface area contributed by atoms with E-state index >= 15 is 0 Å². The summed E-state index contributed by atoms with van der Waals surface area (Å²) in [6, 6.07) is 17.0. The third kappa shape index (κ3) is 4.97. The van der Waals surface area contributed by atoms with Crippen LogP contribution in [0.5, 0.6) is 5.75 Å². The number of fused-ring (bicyclic) bond motifs is 5. The second-order valence-corrected chi connectivity index (χ2v) is 10.1. The smallest absolute Gasteiger partial charge is 0.266 e. The van der Waals surface area contributed by atoms with E-state index in [4.69, 9.17) is 9.47 Å². The highest BCUT2D eigenvalue weighted by atomic mass is 16.5. The van der Waals surface area contributed by atoms with Gasteiger partial charge in [-0.3, -0.25) is 9.59 Å². The number of rotatable bonds is 13. The van der Waals surface area contributed by atoms with Crippen LogP contribution in [0.4, 0.5) is 5.69 Å². The van der Waals surface area contributed by atoms with Gasteiger partial charge in [-0.15, -0.1) is 6.58 Å². The molecule has 202 valence electrons. The highest BCUT2D eigenvalue weighted by Crippen LogP contribution is 2.42. The molecule has 39 heavy (non-hydrogen) atoms. The van der Waals surface area contributed by atoms with E-state index in [1.54, 1.807) is 26.4 Å². The van der Waals surface area contributed by atoms with Crippen molar-refractivity contribution in [2.45, 2.75) is 58.1 Å². The number of carbonyl (C=O) groups excluding carboxylic acids is 2. The highest BCUT2D eigenvalue weighted by Gasteiger charge is 2.40. The van der Waals surface area contributed by atoms with Crippen molar-refractivity contribution in [2.75, 3.05) is 19.1 Å². The number of ether oxygens (including phenoxy) is 2. The van der Waals surface area contributed by atoms with E-state index in [1.807, 2.05) is 48.5 Å². The van der Waals surface area contributed by atoms with Gasteiger partial charge >= 0.3 is 0 Å². The van der Waals surface area contributed by atoms with Crippen molar-refractivity contribution < 1.29 is 19.1 Å². The van der Waals surface area contributed by atoms with Gasteiger partial charge in [0.25, 0.3) is 11.8 Å². The van der Waals surface area contributed by atoms with Gasteiger partial charge in [-0.1, -0.05) is 50.0 Å². The molecule has 0 radical (unpaired) electrons. The summed E-state index contributed by atoms with van der Waals surface area (Å²) in [6.07, 6.45) is 10.8. The first-order valence-electron chi connectivity index (χ1n) is 13.8. The molecule has 2 amide bonds. The van der Waals surface area contributed by atoms with Crippen molar-refractivity contribution in [1.29, 1.82) is 0 Å². The van der Waals surface area contributed by atoms with Crippen LogP contribution in [-0.2, 0) is 17.9 Å². The number of amides is 2. The van der Waals surface area contributed by atoms with Crippen LogP contribution in [0.1, 0.15) is 71.2 Å². The van der Waals surface area contributed by atoms with Gasteiger partial charge in [-0.25, -0.2) is 4.90 Å². The van der Waals surface area contributed by atoms with Crippen molar-refractivity contribution in [1.82, 2.24) is 4.57 Å². The Morgan fingerprint density at radius 1 is 0.872 bits per heavy atom. The van der Waals surface area contributed by atoms with E-state index < -0.39 is 0 Å². The maximum atomic E-state index is 13.9. The summed E-state index contributed by atoms with van der Waals surface area (Å²) in [7, 11) is 3.31. The van der Waals surface area contributed by atoms with E-state index in [0.29, 0.717) is 29.3 Å². The minimum absolute atomic E-state index is 0.276. The summed E-state index contributed by atoms with van der Waals surface area (Å²) >= 11 is 0. The SMILES string of the molecule is C=CCCCCCCCCc1cc2c(c3c4cc(OC)ccc4n(COC)c13)C(=O)N(c1ccccc1)C2=O. The Kier molecular flexibility index (Phi) is 8.13. The lowest BCUT2D eigenvalue weighted by atomic mass is 9.95. The minimum Gasteiger partial charge on any atom is -0.497 e. The summed E-state index contributed by atoms with van der Waals surface area (Å²) < 4.78 is 13.3. The van der Waals surface area contributed by atoms with Crippen molar-refractivity contribution in [2.24, 2.45) is 0 Å². The molecule has 4 aromatic rings. The summed E-state index contributed by atoms with van der Waals surface area (Å²) in [5.41, 5.74) is 4.48. The molecular formula is C33H36N2O4. The van der Waals surface area contributed by atoms with Crippen LogP contribution in [-0.4, -0.2) is 30.6 Å². The molecule has 5 rings (SSSR count). The predicted octanol–water partition coefficient (Wildman–Crippen LogP) is 7.67. The number of para-hydroxylation sites is 1. The van der Waals surface area contributed by atoms with Crippen molar-refractivity contribution in [3.8, 4) is 5.75 Å². The molecule has 1 aliphatic heterocycles. The van der Waals surface area contributed by atoms with Crippen LogP contribution in [0.3, 0.4) is 0 Å². The van der Waals surface area contributed by atoms with Crippen LogP contribution in [0.15, 0.2) is 67.3 Å². The lowest BCUT2D eigenvalue weighted by Crippen LogP contribution is -2.29. The number of aryl methyl sites for hydroxylation is 1. The molecule has 0 fully saturated rings. The number of allylic oxidation sites excluding steroid dienone is 1. The summed E-state index contributed by atoms with van der Waals surface area (Å²) in [5.74, 6) is 0.130. The average molecular weight is 525 g/mol. The topological polar surface area (TPSA) is 60.8 Å². The number of benzene rings is 3. The molecule has 0 aliphatic carbocycles. The number of aromatic nitrogens is 1. The minimum atomic E-state index is -0.295. The third-order valence-electron chi connectivity index (χ3n) is 7.64. The van der Waals surface area contributed by atoms with Gasteiger partial charge in [0.15, 0.2) is 0 Å². The first kappa shape index (κ1) is 26.7. The van der Waals surface area contributed by atoms with Gasteiger partial charge in [0.1, 0.15) is 12.5 Å². The zero-order valence-corrected chi connectivity index (χ0v) is 22.9. The number of methoxy groups -OCH3 is 2. The van der Waals surface area contributed by atoms with Gasteiger partial charge in [0.2, 0.25) is 0 Å². The summed E-state index contributed by atoms with van der Waals surface area (Å²) in [6.45, 7) is 4.14. The standard InChI is InChI=1S/C33H36N2O4/c1-4-5-6-7-8-9-10-12-15-23-20-27-30(33(37)35(32(27)36)24-16-13-11-14-17-24)29-26-21-25(39-3)18-19-28(26)34(22-38-2)31(23)29/h4,11,13-14,16-21H,1,5-10,12,15,22H2,2-3H3. The monoisotopic (exact) mass is 524 g/mol. The molecule has 6 nitrogen and oxygen atoms in total. The van der Waals surface area contributed by atoms with E-state index in [2.05, 4.69) is 11.1 Å². The van der Waals surface area contributed by atoms with Crippen LogP contribution >= 0.6 is 0 Å². The third-order valence-corrected chi connectivity index (χ3v) is 7.64. The maximum Gasteiger partial charge on any atom is 0.266 e. The molecule has 0 N–H and O–H groups in total. The average Bonchev–Trinajstić information content (AvgIpc) is 3.41. The Morgan fingerprint density at radius 3 is 2.33 bits per heavy atom. The van der Waals surface area contributed by atoms with Gasteiger partial charge in [-0.2, -0.15) is 0 Å². The van der Waals surface area contributed by atoms with E-state index in [1.165, 1.54) is 30.6 Å². The number of imide groups is 1.